The number of carbonyl (C=O) groups excluding carboxylic acids is 1. The third-order valence-electron chi connectivity index (χ3n) is 6.06. The topological polar surface area (TPSA) is 104 Å². The average Bonchev–Trinajstić information content (AvgIpc) is 3.31. The number of rotatable bonds is 9. The molecule has 8 heteroatoms. The van der Waals surface area contributed by atoms with Gasteiger partial charge in [-0.2, -0.15) is 0 Å². The van der Waals surface area contributed by atoms with Crippen LogP contribution in [0.5, 0.6) is 0 Å². The highest BCUT2D eigenvalue weighted by molar-refractivity contribution is 7.15. The van der Waals surface area contributed by atoms with E-state index in [1.807, 2.05) is 82.4 Å². The van der Waals surface area contributed by atoms with Crippen LogP contribution in [0.15, 0.2) is 60.9 Å². The summed E-state index contributed by atoms with van der Waals surface area (Å²) < 4.78 is 0. The Balaban J connectivity index is 1.40. The van der Waals surface area contributed by atoms with Gasteiger partial charge in [0, 0.05) is 34.8 Å². The lowest BCUT2D eigenvalue weighted by atomic mass is 9.98. The molecule has 4 rings (SSSR count). The van der Waals surface area contributed by atoms with Crippen molar-refractivity contribution in [1.82, 2.24) is 15.3 Å². The van der Waals surface area contributed by atoms with E-state index in [-0.39, 0.29) is 12.3 Å². The smallest absolute Gasteiger partial charge is 0.326 e. The number of nitrogens with one attached hydrogen (secondary N) is 2. The number of carbonyl (C=O) groups is 2. The van der Waals surface area contributed by atoms with E-state index in [1.54, 1.807) is 17.5 Å². The lowest BCUT2D eigenvalue weighted by Crippen LogP contribution is -2.42. The summed E-state index contributed by atoms with van der Waals surface area (Å²) in [5, 5.41) is 16.7. The highest BCUT2D eigenvalue weighted by atomic mass is 32.1. The average molecular weight is 515 g/mol. The molecule has 0 bridgehead atoms. The highest BCUT2D eigenvalue weighted by Crippen LogP contribution is 2.26. The number of anilines is 1. The Labute approximate surface area is 220 Å². The molecule has 1 atom stereocenters. The Hall–Kier alpha value is -4.04. The fourth-order valence-corrected chi connectivity index (χ4v) is 5.18. The third kappa shape index (κ3) is 6.59. The van der Waals surface area contributed by atoms with Crippen LogP contribution >= 0.6 is 11.3 Å². The summed E-state index contributed by atoms with van der Waals surface area (Å²) in [5.74, 6) is -0.615. The fraction of sp³-hybridized carbons (Fsp3) is 0.241. The summed E-state index contributed by atoms with van der Waals surface area (Å²) in [6, 6.07) is 14.4. The number of benzene rings is 2. The summed E-state index contributed by atoms with van der Waals surface area (Å²) >= 11 is 1.59. The molecule has 2 heterocycles. The number of nitrogens with zero attached hydrogens (tertiary/aromatic N) is 2. The van der Waals surface area contributed by atoms with Crippen LogP contribution in [-0.4, -0.2) is 33.0 Å². The maximum atomic E-state index is 12.9. The number of carboxylic acids is 1. The van der Waals surface area contributed by atoms with Crippen LogP contribution in [-0.2, 0) is 17.8 Å². The second-order valence-corrected chi connectivity index (χ2v) is 10.4. The quantitative estimate of drug-likeness (QED) is 0.273. The largest absolute Gasteiger partial charge is 0.480 e. The first-order valence-corrected chi connectivity index (χ1v) is 12.8. The van der Waals surface area contributed by atoms with Gasteiger partial charge in [0.15, 0.2) is 0 Å². The minimum absolute atomic E-state index is 0.182. The maximum Gasteiger partial charge on any atom is 0.326 e. The second-order valence-electron chi connectivity index (χ2n) is 9.24. The van der Waals surface area contributed by atoms with Gasteiger partial charge in [-0.3, -0.25) is 4.79 Å². The number of aromatic nitrogens is 2. The first-order valence-electron chi connectivity index (χ1n) is 12.0. The van der Waals surface area contributed by atoms with E-state index in [1.165, 1.54) is 0 Å². The molecule has 0 aliphatic carbocycles. The third-order valence-corrected chi connectivity index (χ3v) is 7.11. The van der Waals surface area contributed by atoms with Gasteiger partial charge in [0.05, 0.1) is 6.54 Å². The zero-order valence-electron chi connectivity index (χ0n) is 21.3. The molecule has 4 aromatic rings. The van der Waals surface area contributed by atoms with Crippen LogP contribution in [0.4, 0.5) is 5.82 Å². The molecule has 0 saturated carbocycles. The maximum absolute atomic E-state index is 12.9. The van der Waals surface area contributed by atoms with Gasteiger partial charge < -0.3 is 15.7 Å². The van der Waals surface area contributed by atoms with Gasteiger partial charge in [0.25, 0.3) is 5.91 Å². The van der Waals surface area contributed by atoms with Crippen LogP contribution in [0.1, 0.15) is 43.1 Å². The summed E-state index contributed by atoms with van der Waals surface area (Å²) in [6.07, 6.45) is 3.81. The molecule has 37 heavy (non-hydrogen) atoms. The molecular formula is C29H30N4O3S. The monoisotopic (exact) mass is 514 g/mol. The molecule has 1 amide bonds. The van der Waals surface area contributed by atoms with Crippen molar-refractivity contribution in [1.29, 1.82) is 0 Å². The normalized spacial score (nSPS) is 11.7. The Kier molecular flexibility index (Phi) is 7.98. The van der Waals surface area contributed by atoms with Gasteiger partial charge >= 0.3 is 5.97 Å². The van der Waals surface area contributed by atoms with E-state index in [4.69, 9.17) is 0 Å². The van der Waals surface area contributed by atoms with Gasteiger partial charge in [-0.25, -0.2) is 14.8 Å². The van der Waals surface area contributed by atoms with Gasteiger partial charge in [0.1, 0.15) is 16.9 Å². The van der Waals surface area contributed by atoms with Crippen LogP contribution in [0.3, 0.4) is 0 Å². The van der Waals surface area contributed by atoms with Crippen molar-refractivity contribution in [2.75, 3.05) is 5.32 Å². The van der Waals surface area contributed by atoms with E-state index in [2.05, 4.69) is 20.6 Å². The molecule has 1 unspecified atom stereocenters. The van der Waals surface area contributed by atoms with Crippen LogP contribution in [0, 0.1) is 27.7 Å². The van der Waals surface area contributed by atoms with E-state index in [0.717, 1.165) is 49.1 Å². The second kappa shape index (κ2) is 11.3. The zero-order valence-corrected chi connectivity index (χ0v) is 22.1. The summed E-state index contributed by atoms with van der Waals surface area (Å²) in [4.78, 5) is 34.8. The molecule has 0 radical (unpaired) electrons. The van der Waals surface area contributed by atoms with Gasteiger partial charge in [0.2, 0.25) is 0 Å². The lowest BCUT2D eigenvalue weighted by Gasteiger charge is -2.17. The van der Waals surface area contributed by atoms with E-state index in [0.29, 0.717) is 12.1 Å². The summed E-state index contributed by atoms with van der Waals surface area (Å²) in [7, 11) is 0. The van der Waals surface area contributed by atoms with Crippen molar-refractivity contribution >= 4 is 29.0 Å². The van der Waals surface area contributed by atoms with E-state index < -0.39 is 12.0 Å². The molecule has 0 spiro atoms. The predicted octanol–water partition coefficient (Wildman–Crippen LogP) is 5.48. The minimum Gasteiger partial charge on any atom is -0.480 e. The molecule has 0 aliphatic heterocycles. The summed E-state index contributed by atoms with van der Waals surface area (Å²) in [6.45, 7) is 8.36. The van der Waals surface area contributed by atoms with Crippen molar-refractivity contribution in [3.05, 3.63) is 99.2 Å². The predicted molar refractivity (Wildman–Crippen MR) is 147 cm³/mol. The number of aryl methyl sites for hydroxylation is 4. The van der Waals surface area contributed by atoms with Gasteiger partial charge in [-0.1, -0.05) is 42.0 Å². The summed E-state index contributed by atoms with van der Waals surface area (Å²) in [5.41, 5.74) is 6.17. The number of hydrogen-bond acceptors (Lipinski definition) is 6. The SMILES string of the molecule is Cc1ccnc(NCc2cnc(-c3ccc(CC(NC(=O)c4c(C)cc(C)cc4C)C(=O)O)cc3)s2)c1. The molecule has 0 aliphatic rings. The molecule has 2 aromatic heterocycles. The number of thiazole rings is 1. The number of hydrogen-bond donors (Lipinski definition) is 3. The van der Waals surface area contributed by atoms with Gasteiger partial charge in [-0.15, -0.1) is 11.3 Å². The number of aliphatic carboxylic acids is 1. The lowest BCUT2D eigenvalue weighted by molar-refractivity contribution is -0.139. The fourth-order valence-electron chi connectivity index (χ4n) is 4.32. The van der Waals surface area contributed by atoms with Crippen LogP contribution in [0.25, 0.3) is 10.6 Å². The van der Waals surface area contributed by atoms with Crippen molar-refractivity contribution in [2.24, 2.45) is 0 Å². The molecule has 7 nitrogen and oxygen atoms in total. The van der Waals surface area contributed by atoms with Crippen molar-refractivity contribution in [3.63, 3.8) is 0 Å². The van der Waals surface area contributed by atoms with Crippen molar-refractivity contribution in [3.8, 4) is 10.6 Å². The molecule has 0 fully saturated rings. The first-order chi connectivity index (χ1) is 17.7. The Morgan fingerprint density at radius 3 is 2.30 bits per heavy atom. The number of carboxylic acid groups (broad SMARTS) is 1. The standard InChI is InChI=1S/C29H30N4O3S/c1-17-9-10-30-25(13-17)31-15-23-16-32-28(37-23)22-7-5-21(6-8-22)14-24(29(35)36)33-27(34)26-19(3)11-18(2)12-20(26)4/h5-13,16,24H,14-15H2,1-4H3,(H,30,31)(H,33,34)(H,35,36). The van der Waals surface area contributed by atoms with Gasteiger partial charge in [-0.05, 0) is 62.1 Å². The Bertz CT molecular complexity index is 1410. The number of pyridine rings is 1. The molecule has 2 aromatic carbocycles. The first kappa shape index (κ1) is 26.0. The van der Waals surface area contributed by atoms with Crippen LogP contribution < -0.4 is 10.6 Å². The van der Waals surface area contributed by atoms with Crippen LogP contribution in [0.2, 0.25) is 0 Å². The van der Waals surface area contributed by atoms with Crippen molar-refractivity contribution in [2.45, 2.75) is 46.7 Å². The van der Waals surface area contributed by atoms with Crippen molar-refractivity contribution < 1.29 is 14.7 Å². The van der Waals surface area contributed by atoms with E-state index in [9.17, 15) is 14.7 Å². The molecule has 0 saturated heterocycles. The Morgan fingerprint density at radius 2 is 1.65 bits per heavy atom. The molecule has 3 N–H and O–H groups in total. The molecule has 190 valence electrons. The minimum atomic E-state index is -1.07. The Morgan fingerprint density at radius 1 is 0.946 bits per heavy atom. The zero-order chi connectivity index (χ0) is 26.5. The number of amides is 1. The van der Waals surface area contributed by atoms with E-state index >= 15 is 0 Å². The highest BCUT2D eigenvalue weighted by Gasteiger charge is 2.23. The molecular weight excluding hydrogens is 484 g/mol.